The van der Waals surface area contributed by atoms with Crippen molar-refractivity contribution in [1.82, 2.24) is 0 Å². The number of phenols is 2. The van der Waals surface area contributed by atoms with Crippen molar-refractivity contribution < 1.29 is 138 Å². The number of rotatable bonds is 9. The zero-order valence-corrected chi connectivity index (χ0v) is 40.4. The molecule has 0 heterocycles. The van der Waals surface area contributed by atoms with E-state index in [0.717, 1.165) is 24.3 Å². The number of nitrogen functional groups attached to an aromatic ring is 2. The van der Waals surface area contributed by atoms with Gasteiger partial charge in [-0.15, -0.1) is 15.3 Å². The molecule has 0 saturated heterocycles. The number of phenolic OH excluding ortho intramolecular Hbond substituents is 2. The van der Waals surface area contributed by atoms with Crippen LogP contribution >= 0.6 is 0 Å². The van der Waals surface area contributed by atoms with E-state index in [9.17, 15) is 49.1 Å². The number of hydrogen-bond acceptors (Lipinski definition) is 19. The van der Waals surface area contributed by atoms with Crippen molar-refractivity contribution in [2.75, 3.05) is 11.5 Å². The van der Waals surface area contributed by atoms with Crippen molar-refractivity contribution in [3.8, 4) is 11.5 Å². The fraction of sp³-hybridized carbons (Fsp3) is 0. The molecule has 0 aliphatic rings. The van der Waals surface area contributed by atoms with Gasteiger partial charge in [-0.2, -0.15) is 15.3 Å². The quantitative estimate of drug-likeness (QED) is 0.0567. The summed E-state index contributed by atoms with van der Waals surface area (Å²) >= 11 is 0. The first-order valence-electron chi connectivity index (χ1n) is 16.2. The van der Waals surface area contributed by atoms with Crippen LogP contribution in [0.3, 0.4) is 0 Å². The molecule has 19 nitrogen and oxygen atoms in total. The van der Waals surface area contributed by atoms with E-state index >= 15 is 0 Å². The molecule has 6 N–H and O–H groups in total. The minimum Gasteiger partial charge on any atom is -0.744 e. The Hall–Kier alpha value is -3.95. The second-order valence-corrected chi connectivity index (χ2v) is 16.5. The molecule has 7 rings (SSSR count). The van der Waals surface area contributed by atoms with Gasteiger partial charge in [0.05, 0.1) is 37.4 Å². The predicted molar refractivity (Wildman–Crippen MR) is 207 cm³/mol. The Morgan fingerprint density at radius 2 is 0.918 bits per heavy atom. The SMILES string of the molecule is Nc1ccc2cc(S(=O)(=O)[O-])c(N=Nc3ccc4cc(S(=O)(=O)[O-])c(N=Nc5ccc(N=Nc6ccc(N)c7cc(S(=O)(=O)[O-])ccc67)cc5)c(O)c4c3)c(O)c2c1.[Na+].[Na+].[Na+]. The molecule has 0 spiro atoms. The topological polar surface area (TPSA) is 338 Å². The van der Waals surface area contributed by atoms with Gasteiger partial charge < -0.3 is 35.3 Å². The molecule has 0 amide bonds. The molecule has 294 valence electrons. The Labute approximate surface area is 412 Å². The fourth-order valence-corrected chi connectivity index (χ4v) is 7.60. The number of nitrogens with zero attached hydrogens (tertiary/aromatic N) is 6. The zero-order valence-electron chi connectivity index (χ0n) is 31.9. The Morgan fingerprint density at radius 1 is 0.443 bits per heavy atom. The number of benzene rings is 7. The average molecular weight is 909 g/mol. The van der Waals surface area contributed by atoms with Crippen molar-refractivity contribution in [1.29, 1.82) is 0 Å². The van der Waals surface area contributed by atoms with E-state index in [1.807, 2.05) is 0 Å². The van der Waals surface area contributed by atoms with Crippen LogP contribution in [0.5, 0.6) is 11.5 Å². The number of nitrogens with two attached hydrogens (primary N) is 2. The van der Waals surface area contributed by atoms with Gasteiger partial charge in [0.15, 0.2) is 11.5 Å². The third kappa shape index (κ3) is 10.8. The Morgan fingerprint density at radius 3 is 1.44 bits per heavy atom. The van der Waals surface area contributed by atoms with E-state index in [1.54, 1.807) is 6.07 Å². The molecule has 7 aromatic rings. The first-order chi connectivity index (χ1) is 27.3. The van der Waals surface area contributed by atoms with Gasteiger partial charge in [0.2, 0.25) is 0 Å². The van der Waals surface area contributed by atoms with E-state index in [0.29, 0.717) is 16.8 Å². The number of hydrogen-bond donors (Lipinski definition) is 4. The van der Waals surface area contributed by atoms with Crippen molar-refractivity contribution in [2.45, 2.75) is 14.7 Å². The van der Waals surface area contributed by atoms with Gasteiger partial charge in [0.25, 0.3) is 0 Å². The fourth-order valence-electron chi connectivity index (χ4n) is 5.81. The smallest absolute Gasteiger partial charge is 0.744 e. The molecule has 7 aromatic carbocycles. The molecule has 0 aliphatic heterocycles. The summed E-state index contributed by atoms with van der Waals surface area (Å²) in [5, 5.41) is 46.9. The monoisotopic (exact) mass is 908 g/mol. The van der Waals surface area contributed by atoms with Crippen LogP contribution in [-0.2, 0) is 30.4 Å². The summed E-state index contributed by atoms with van der Waals surface area (Å²) in [6.45, 7) is 0. The van der Waals surface area contributed by atoms with Crippen LogP contribution in [0.2, 0.25) is 0 Å². The third-order valence-electron chi connectivity index (χ3n) is 8.59. The van der Waals surface area contributed by atoms with Gasteiger partial charge in [-0.3, -0.25) is 0 Å². The van der Waals surface area contributed by atoms with Gasteiger partial charge in [-0.25, -0.2) is 25.3 Å². The largest absolute Gasteiger partial charge is 1.00 e. The molecule has 61 heavy (non-hydrogen) atoms. The van der Waals surface area contributed by atoms with Crippen molar-refractivity contribution in [3.63, 3.8) is 0 Å². The number of aromatic hydroxyl groups is 2. The number of anilines is 2. The van der Waals surface area contributed by atoms with Crippen molar-refractivity contribution in [2.24, 2.45) is 30.7 Å². The van der Waals surface area contributed by atoms with Crippen LogP contribution in [0, 0.1) is 0 Å². The molecule has 0 aliphatic carbocycles. The van der Waals surface area contributed by atoms with Crippen molar-refractivity contribution in [3.05, 3.63) is 103 Å². The van der Waals surface area contributed by atoms with E-state index in [4.69, 9.17) is 11.5 Å². The summed E-state index contributed by atoms with van der Waals surface area (Å²) < 4.78 is 107. The Balaban J connectivity index is 0.00000273. The first kappa shape index (κ1) is 49.7. The molecule has 0 radical (unpaired) electrons. The molecule has 0 fully saturated rings. The minimum absolute atomic E-state index is 0. The summed E-state index contributed by atoms with van der Waals surface area (Å²) in [6, 6.07) is 22.3. The third-order valence-corrected chi connectivity index (χ3v) is 11.1. The normalized spacial score (nSPS) is 12.2. The van der Waals surface area contributed by atoms with Crippen LogP contribution in [0.4, 0.5) is 45.5 Å². The molecular formula is C36H23N8Na3O11S3. The van der Waals surface area contributed by atoms with E-state index in [2.05, 4.69) is 30.7 Å². The maximum absolute atomic E-state index is 12.3. The summed E-state index contributed by atoms with van der Waals surface area (Å²) in [5.74, 6) is -1.48. The summed E-state index contributed by atoms with van der Waals surface area (Å²) in [7, 11) is -15.1. The minimum atomic E-state index is -5.23. The maximum Gasteiger partial charge on any atom is 1.00 e. The Kier molecular flexibility index (Phi) is 15.6. The zero-order chi connectivity index (χ0) is 41.7. The molecule has 0 aromatic heterocycles. The van der Waals surface area contributed by atoms with Crippen LogP contribution in [0.1, 0.15) is 0 Å². The van der Waals surface area contributed by atoms with Crippen LogP contribution in [0.25, 0.3) is 32.3 Å². The molecular weight excluding hydrogens is 886 g/mol. The molecule has 0 bridgehead atoms. The molecule has 0 saturated carbocycles. The standard InChI is InChI=1S/C36H26N8O11S3.3Na/c37-20-3-1-18-13-31(57(50,51)52)33(35(45)26(18)15-20)44-41-23-4-2-19-14-32(58(53,54)55)34(36(46)27(19)16-23)43-40-22-7-5-21(6-8-22)39-42-30-12-11-29(38)28-17-24(56(47,48)49)9-10-25(28)30;;;/h1-17,45-46H,37-38H2,(H,47,48,49)(H,50,51,52)(H,53,54,55);;;/q;3*+1/p-3. The molecule has 0 atom stereocenters. The predicted octanol–water partition coefficient (Wildman–Crippen LogP) is -1.31. The molecule has 25 heteroatoms. The Bertz CT molecular complexity index is 3320. The first-order valence-corrected chi connectivity index (χ1v) is 20.4. The van der Waals surface area contributed by atoms with Gasteiger partial charge in [0.1, 0.15) is 41.7 Å². The van der Waals surface area contributed by atoms with Gasteiger partial charge in [0, 0.05) is 32.9 Å². The second kappa shape index (κ2) is 19.2. The van der Waals surface area contributed by atoms with Gasteiger partial charge in [-0.05, 0) is 95.7 Å². The maximum atomic E-state index is 12.3. The van der Waals surface area contributed by atoms with Crippen LogP contribution < -0.4 is 100 Å². The second-order valence-electron chi connectivity index (χ2n) is 12.4. The molecule has 0 unspecified atom stereocenters. The van der Waals surface area contributed by atoms with Gasteiger partial charge >= 0.3 is 88.7 Å². The number of fused-ring (bicyclic) bond motifs is 3. The van der Waals surface area contributed by atoms with E-state index in [1.165, 1.54) is 72.8 Å². The van der Waals surface area contributed by atoms with E-state index < -0.39 is 67.9 Å². The average Bonchev–Trinajstić information content (AvgIpc) is 3.16. The van der Waals surface area contributed by atoms with Gasteiger partial charge in [-0.1, -0.05) is 18.2 Å². The van der Waals surface area contributed by atoms with Crippen LogP contribution in [-0.4, -0.2) is 49.1 Å². The van der Waals surface area contributed by atoms with E-state index in [-0.39, 0.29) is 138 Å². The summed E-state index contributed by atoms with van der Waals surface area (Å²) in [6.07, 6.45) is 0. The van der Waals surface area contributed by atoms with Crippen molar-refractivity contribution >= 4 is 108 Å². The summed E-state index contributed by atoms with van der Waals surface area (Å²) in [4.78, 5) is -2.23. The summed E-state index contributed by atoms with van der Waals surface area (Å²) in [5.41, 5.74) is 11.5. The van der Waals surface area contributed by atoms with Crippen LogP contribution in [0.15, 0.2) is 149 Å². The number of azo groups is 3.